The lowest BCUT2D eigenvalue weighted by molar-refractivity contribution is 0.296. The van der Waals surface area contributed by atoms with E-state index >= 15 is 0 Å². The molecule has 1 aromatic rings. The molecule has 1 rings (SSSR count). The number of hydrogen-bond donors (Lipinski definition) is 2. The molecule has 0 bridgehead atoms. The van der Waals surface area contributed by atoms with E-state index in [-0.39, 0.29) is 16.7 Å². The molecule has 6 nitrogen and oxygen atoms in total. The van der Waals surface area contributed by atoms with Crippen LogP contribution in [0.4, 0.5) is 0 Å². The molecule has 0 saturated carbocycles. The molecule has 18 heavy (non-hydrogen) atoms. The largest absolute Gasteiger partial charge is 0.396 e. The number of sulfonamides is 1. The van der Waals surface area contributed by atoms with E-state index in [9.17, 15) is 8.42 Å². The second-order valence-electron chi connectivity index (χ2n) is 3.51. The Bertz CT molecular complexity index is 456. The minimum Gasteiger partial charge on any atom is -0.396 e. The highest BCUT2D eigenvalue weighted by atomic mass is 35.5. The van der Waals surface area contributed by atoms with Crippen molar-refractivity contribution in [3.05, 3.63) is 11.2 Å². The first-order valence-electron chi connectivity index (χ1n) is 5.35. The van der Waals surface area contributed by atoms with E-state index in [4.69, 9.17) is 16.7 Å². The predicted octanol–water partition coefficient (Wildman–Crippen LogP) is 0.467. The van der Waals surface area contributed by atoms with Crippen molar-refractivity contribution in [2.45, 2.75) is 11.4 Å². The van der Waals surface area contributed by atoms with Gasteiger partial charge in [-0.15, -0.1) is 0 Å². The smallest absolute Gasteiger partial charge is 0.259 e. The Hall–Kier alpha value is -0.280. The summed E-state index contributed by atoms with van der Waals surface area (Å²) in [7, 11) is -2.09. The lowest BCUT2D eigenvalue weighted by atomic mass is 10.5. The maximum Gasteiger partial charge on any atom is 0.259 e. The third-order valence-electron chi connectivity index (χ3n) is 2.08. The second-order valence-corrected chi connectivity index (χ2v) is 6.82. The van der Waals surface area contributed by atoms with Crippen molar-refractivity contribution in [3.63, 3.8) is 0 Å². The van der Waals surface area contributed by atoms with Crippen molar-refractivity contribution in [2.75, 3.05) is 24.7 Å². The Balaban J connectivity index is 2.46. The first-order chi connectivity index (χ1) is 8.49. The highest BCUT2D eigenvalue weighted by Gasteiger charge is 2.21. The number of nitrogens with zero attached hydrogens (tertiary/aromatic N) is 2. The summed E-state index contributed by atoms with van der Waals surface area (Å²) in [4.78, 5) is 0. The summed E-state index contributed by atoms with van der Waals surface area (Å²) in [5.41, 5.74) is 0. The van der Waals surface area contributed by atoms with E-state index in [1.54, 1.807) is 11.8 Å². The van der Waals surface area contributed by atoms with Crippen molar-refractivity contribution in [1.29, 1.82) is 0 Å². The fourth-order valence-electron chi connectivity index (χ4n) is 1.29. The van der Waals surface area contributed by atoms with Gasteiger partial charge in [0.25, 0.3) is 10.0 Å². The SMILES string of the molecule is Cn1ncc(Cl)c1S(=O)(=O)NCCSCCCO. The molecule has 0 aromatic carbocycles. The summed E-state index contributed by atoms with van der Waals surface area (Å²) >= 11 is 7.36. The molecule has 1 aromatic heterocycles. The van der Waals surface area contributed by atoms with Gasteiger partial charge in [0.15, 0.2) is 5.03 Å². The van der Waals surface area contributed by atoms with Crippen molar-refractivity contribution in [1.82, 2.24) is 14.5 Å². The molecule has 9 heteroatoms. The molecule has 0 aliphatic heterocycles. The molecular formula is C9H16ClN3O3S2. The molecule has 1 heterocycles. The van der Waals surface area contributed by atoms with E-state index in [1.807, 2.05) is 0 Å². The summed E-state index contributed by atoms with van der Waals surface area (Å²) in [6.07, 6.45) is 2.01. The van der Waals surface area contributed by atoms with Crippen LogP contribution in [0.5, 0.6) is 0 Å². The standard InChI is InChI=1S/C9H16ClN3O3S2/c1-13-9(8(10)7-11-13)18(15,16)12-3-6-17-5-2-4-14/h7,12,14H,2-6H2,1H3. The lowest BCUT2D eigenvalue weighted by Gasteiger charge is -2.07. The predicted molar refractivity (Wildman–Crippen MR) is 72.4 cm³/mol. The van der Waals surface area contributed by atoms with E-state index in [0.717, 1.165) is 5.75 Å². The molecule has 0 fully saturated rings. The second kappa shape index (κ2) is 7.34. The van der Waals surface area contributed by atoms with Gasteiger partial charge >= 0.3 is 0 Å². The van der Waals surface area contributed by atoms with Gasteiger partial charge in [-0.2, -0.15) is 16.9 Å². The molecule has 0 spiro atoms. The van der Waals surface area contributed by atoms with Gasteiger partial charge in [0.2, 0.25) is 0 Å². The molecule has 0 aliphatic carbocycles. The minimum atomic E-state index is -3.62. The third-order valence-corrected chi connectivity index (χ3v) is 5.12. The van der Waals surface area contributed by atoms with Crippen LogP contribution in [-0.4, -0.2) is 48.0 Å². The van der Waals surface area contributed by atoms with Crippen molar-refractivity contribution >= 4 is 33.4 Å². The van der Waals surface area contributed by atoms with Crippen LogP contribution in [-0.2, 0) is 17.1 Å². The average Bonchev–Trinajstić information content (AvgIpc) is 2.64. The fraction of sp³-hybridized carbons (Fsp3) is 0.667. The first kappa shape index (κ1) is 15.8. The van der Waals surface area contributed by atoms with Crippen LogP contribution in [0.2, 0.25) is 5.02 Å². The quantitative estimate of drug-likeness (QED) is 0.682. The van der Waals surface area contributed by atoms with Gasteiger partial charge in [0, 0.05) is 26.0 Å². The van der Waals surface area contributed by atoms with Crippen LogP contribution in [0.25, 0.3) is 0 Å². The van der Waals surface area contributed by atoms with Crippen LogP contribution < -0.4 is 4.72 Å². The van der Waals surface area contributed by atoms with Crippen LogP contribution in [0.1, 0.15) is 6.42 Å². The van der Waals surface area contributed by atoms with Crippen LogP contribution >= 0.6 is 23.4 Å². The van der Waals surface area contributed by atoms with Gasteiger partial charge in [0.05, 0.1) is 11.2 Å². The van der Waals surface area contributed by atoms with Gasteiger partial charge in [-0.3, -0.25) is 4.68 Å². The molecule has 0 radical (unpaired) electrons. The van der Waals surface area contributed by atoms with Gasteiger partial charge in [0.1, 0.15) is 0 Å². The Kier molecular flexibility index (Phi) is 6.44. The van der Waals surface area contributed by atoms with Gasteiger partial charge in [-0.05, 0) is 12.2 Å². The molecule has 0 saturated heterocycles. The summed E-state index contributed by atoms with van der Waals surface area (Å²) in [5, 5.41) is 12.5. The maximum absolute atomic E-state index is 11.9. The van der Waals surface area contributed by atoms with Crippen LogP contribution in [0.3, 0.4) is 0 Å². The molecule has 0 unspecified atom stereocenters. The lowest BCUT2D eigenvalue weighted by Crippen LogP contribution is -2.28. The topological polar surface area (TPSA) is 84.2 Å². The Morgan fingerprint density at radius 2 is 2.28 bits per heavy atom. The van der Waals surface area contributed by atoms with Crippen molar-refractivity contribution in [2.24, 2.45) is 7.05 Å². The molecule has 2 N–H and O–H groups in total. The van der Waals surface area contributed by atoms with Crippen LogP contribution in [0, 0.1) is 0 Å². The first-order valence-corrected chi connectivity index (χ1v) is 8.36. The number of thioether (sulfide) groups is 1. The fourth-order valence-corrected chi connectivity index (χ4v) is 3.88. The highest BCUT2D eigenvalue weighted by molar-refractivity contribution is 7.99. The molecule has 0 amide bonds. The molecule has 0 aliphatic rings. The number of rotatable bonds is 8. The van der Waals surface area contributed by atoms with Gasteiger partial charge in [-0.25, -0.2) is 13.1 Å². The normalized spacial score (nSPS) is 11.9. The van der Waals surface area contributed by atoms with E-state index in [1.165, 1.54) is 17.9 Å². The Morgan fingerprint density at radius 3 is 2.83 bits per heavy atom. The summed E-state index contributed by atoms with van der Waals surface area (Å²) in [5.74, 6) is 1.46. The minimum absolute atomic E-state index is 0.0236. The van der Waals surface area contributed by atoms with E-state index in [2.05, 4.69) is 9.82 Å². The van der Waals surface area contributed by atoms with Gasteiger partial charge < -0.3 is 5.11 Å². The monoisotopic (exact) mass is 313 g/mol. The van der Waals surface area contributed by atoms with Crippen molar-refractivity contribution < 1.29 is 13.5 Å². The zero-order valence-electron chi connectivity index (χ0n) is 9.97. The number of hydrogen-bond acceptors (Lipinski definition) is 5. The number of aliphatic hydroxyl groups is 1. The Morgan fingerprint density at radius 1 is 1.56 bits per heavy atom. The maximum atomic E-state index is 11.9. The third kappa shape index (κ3) is 4.43. The number of aryl methyl sites for hydroxylation is 1. The summed E-state index contributed by atoms with van der Waals surface area (Å²) in [6.45, 7) is 0.475. The zero-order chi connectivity index (χ0) is 13.6. The zero-order valence-corrected chi connectivity index (χ0v) is 12.4. The average molecular weight is 314 g/mol. The molecule has 104 valence electrons. The number of nitrogens with one attached hydrogen (secondary N) is 1. The number of aromatic nitrogens is 2. The van der Waals surface area contributed by atoms with E-state index < -0.39 is 10.0 Å². The Labute approximate surface area is 116 Å². The van der Waals surface area contributed by atoms with E-state index in [0.29, 0.717) is 18.7 Å². The van der Waals surface area contributed by atoms with Gasteiger partial charge in [-0.1, -0.05) is 11.6 Å². The summed E-state index contributed by atoms with van der Waals surface area (Å²) < 4.78 is 27.5. The summed E-state index contributed by atoms with van der Waals surface area (Å²) in [6, 6.07) is 0. The number of aliphatic hydroxyl groups excluding tert-OH is 1. The van der Waals surface area contributed by atoms with Crippen molar-refractivity contribution in [3.8, 4) is 0 Å². The highest BCUT2D eigenvalue weighted by Crippen LogP contribution is 2.19. The molecular weight excluding hydrogens is 298 g/mol. The molecule has 0 atom stereocenters. The van der Waals surface area contributed by atoms with Crippen LogP contribution in [0.15, 0.2) is 11.2 Å². The number of halogens is 1.